The predicted octanol–water partition coefficient (Wildman–Crippen LogP) is 3.13. The maximum atomic E-state index is 8.89. The Morgan fingerprint density at radius 3 is 2.76 bits per heavy atom. The van der Waals surface area contributed by atoms with Gasteiger partial charge in [-0.15, -0.1) is 0 Å². The van der Waals surface area contributed by atoms with Crippen LogP contribution >= 0.6 is 0 Å². The van der Waals surface area contributed by atoms with Crippen molar-refractivity contribution in [2.24, 2.45) is 5.92 Å². The van der Waals surface area contributed by atoms with Gasteiger partial charge < -0.3 is 4.57 Å². The summed E-state index contributed by atoms with van der Waals surface area (Å²) in [7, 11) is 0. The molecule has 0 aliphatic carbocycles. The van der Waals surface area contributed by atoms with Gasteiger partial charge in [-0.3, -0.25) is 0 Å². The first-order chi connectivity index (χ1) is 8.15. The number of rotatable bonds is 3. The van der Waals surface area contributed by atoms with E-state index in [0.717, 1.165) is 29.8 Å². The quantitative estimate of drug-likeness (QED) is 0.808. The molecule has 0 N–H and O–H groups in total. The fourth-order valence-corrected chi connectivity index (χ4v) is 2.12. The summed E-state index contributed by atoms with van der Waals surface area (Å²) in [4.78, 5) is 4.64. The summed E-state index contributed by atoms with van der Waals surface area (Å²) in [5, 5.41) is 8.89. The highest BCUT2D eigenvalue weighted by Gasteiger charge is 2.11. The van der Waals surface area contributed by atoms with E-state index in [-0.39, 0.29) is 0 Å². The lowest BCUT2D eigenvalue weighted by atomic mass is 10.1. The molecule has 0 fully saturated rings. The molecule has 17 heavy (non-hydrogen) atoms. The number of fused-ring (bicyclic) bond motifs is 1. The predicted molar refractivity (Wildman–Crippen MR) is 68.7 cm³/mol. The van der Waals surface area contributed by atoms with Crippen LogP contribution < -0.4 is 0 Å². The summed E-state index contributed by atoms with van der Waals surface area (Å²) in [5.74, 6) is 1.71. The highest BCUT2D eigenvalue weighted by molar-refractivity contribution is 5.77. The van der Waals surface area contributed by atoms with E-state index in [1.807, 2.05) is 18.2 Å². The molecule has 0 aliphatic heterocycles. The smallest absolute Gasteiger partial charge is 0.110 e. The summed E-state index contributed by atoms with van der Waals surface area (Å²) in [6.45, 7) is 7.44. The SMILES string of the molecule is CCn1c(CC(C)C)nc2cc(C#N)ccc21. The Labute approximate surface area is 102 Å². The third kappa shape index (κ3) is 2.16. The van der Waals surface area contributed by atoms with Crippen LogP contribution in [0.3, 0.4) is 0 Å². The van der Waals surface area contributed by atoms with Gasteiger partial charge in [-0.2, -0.15) is 5.26 Å². The van der Waals surface area contributed by atoms with Crippen molar-refractivity contribution in [3.63, 3.8) is 0 Å². The van der Waals surface area contributed by atoms with Gasteiger partial charge in [-0.05, 0) is 31.0 Å². The number of nitriles is 1. The molecular weight excluding hydrogens is 210 g/mol. The number of hydrogen-bond acceptors (Lipinski definition) is 2. The lowest BCUT2D eigenvalue weighted by Crippen LogP contribution is -2.05. The van der Waals surface area contributed by atoms with Gasteiger partial charge in [-0.1, -0.05) is 13.8 Å². The van der Waals surface area contributed by atoms with Gasteiger partial charge in [0.2, 0.25) is 0 Å². The summed E-state index contributed by atoms with van der Waals surface area (Å²) >= 11 is 0. The topological polar surface area (TPSA) is 41.6 Å². The highest BCUT2D eigenvalue weighted by Crippen LogP contribution is 2.19. The Bertz CT molecular complexity index is 573. The van der Waals surface area contributed by atoms with Gasteiger partial charge in [0.05, 0.1) is 22.7 Å². The molecule has 0 radical (unpaired) electrons. The minimum atomic E-state index is 0.590. The van der Waals surface area contributed by atoms with Crippen LogP contribution in [-0.4, -0.2) is 9.55 Å². The standard InChI is InChI=1S/C14H17N3/c1-4-17-13-6-5-11(9-15)8-12(13)16-14(17)7-10(2)3/h5-6,8,10H,4,7H2,1-3H3. The zero-order chi connectivity index (χ0) is 12.4. The molecule has 2 aromatic rings. The summed E-state index contributed by atoms with van der Waals surface area (Å²) in [6.07, 6.45) is 0.977. The second kappa shape index (κ2) is 4.58. The largest absolute Gasteiger partial charge is 0.328 e. The number of nitrogens with zero attached hydrogens (tertiary/aromatic N) is 3. The number of hydrogen-bond donors (Lipinski definition) is 0. The minimum absolute atomic E-state index is 0.590. The molecule has 88 valence electrons. The fraction of sp³-hybridized carbons (Fsp3) is 0.429. The Morgan fingerprint density at radius 2 is 2.18 bits per heavy atom. The van der Waals surface area contributed by atoms with E-state index in [1.54, 1.807) is 0 Å². The average molecular weight is 227 g/mol. The van der Waals surface area contributed by atoms with Crippen LogP contribution in [0.1, 0.15) is 32.2 Å². The van der Waals surface area contributed by atoms with E-state index in [0.29, 0.717) is 11.5 Å². The lowest BCUT2D eigenvalue weighted by Gasteiger charge is -2.07. The van der Waals surface area contributed by atoms with Crippen molar-refractivity contribution in [1.82, 2.24) is 9.55 Å². The number of imidazole rings is 1. The van der Waals surface area contributed by atoms with E-state index in [1.165, 1.54) is 0 Å². The van der Waals surface area contributed by atoms with Crippen molar-refractivity contribution in [2.45, 2.75) is 33.7 Å². The maximum absolute atomic E-state index is 8.89. The monoisotopic (exact) mass is 227 g/mol. The van der Waals surface area contributed by atoms with Crippen LogP contribution in [0, 0.1) is 17.2 Å². The van der Waals surface area contributed by atoms with Crippen LogP contribution in [0.5, 0.6) is 0 Å². The van der Waals surface area contributed by atoms with Gasteiger partial charge >= 0.3 is 0 Å². The first kappa shape index (κ1) is 11.7. The van der Waals surface area contributed by atoms with Gasteiger partial charge in [0.25, 0.3) is 0 Å². The van der Waals surface area contributed by atoms with Crippen LogP contribution in [0.2, 0.25) is 0 Å². The van der Waals surface area contributed by atoms with Crippen molar-refractivity contribution in [3.05, 3.63) is 29.6 Å². The van der Waals surface area contributed by atoms with Crippen molar-refractivity contribution in [2.75, 3.05) is 0 Å². The second-order valence-electron chi connectivity index (χ2n) is 4.69. The van der Waals surface area contributed by atoms with E-state index >= 15 is 0 Å². The van der Waals surface area contributed by atoms with Gasteiger partial charge in [0.15, 0.2) is 0 Å². The molecule has 0 spiro atoms. The van der Waals surface area contributed by atoms with Crippen LogP contribution in [-0.2, 0) is 13.0 Å². The molecule has 3 heteroatoms. The van der Waals surface area contributed by atoms with E-state index in [4.69, 9.17) is 5.26 Å². The van der Waals surface area contributed by atoms with Crippen LogP contribution in [0.15, 0.2) is 18.2 Å². The normalized spacial score (nSPS) is 11.0. The molecule has 1 heterocycles. The summed E-state index contributed by atoms with van der Waals surface area (Å²) in [6, 6.07) is 7.87. The van der Waals surface area contributed by atoms with Crippen molar-refractivity contribution in [1.29, 1.82) is 5.26 Å². The first-order valence-electron chi connectivity index (χ1n) is 6.05. The van der Waals surface area contributed by atoms with Gasteiger partial charge in [0.1, 0.15) is 5.82 Å². The molecule has 0 saturated heterocycles. The molecule has 2 rings (SSSR count). The first-order valence-corrected chi connectivity index (χ1v) is 6.05. The van der Waals surface area contributed by atoms with Gasteiger partial charge in [-0.25, -0.2) is 4.98 Å². The zero-order valence-electron chi connectivity index (χ0n) is 10.6. The average Bonchev–Trinajstić information content (AvgIpc) is 2.63. The highest BCUT2D eigenvalue weighted by atomic mass is 15.1. The molecular formula is C14H17N3. The van der Waals surface area contributed by atoms with E-state index in [2.05, 4.69) is 36.4 Å². The molecule has 0 bridgehead atoms. The summed E-state index contributed by atoms with van der Waals surface area (Å²) in [5.41, 5.74) is 2.73. The maximum Gasteiger partial charge on any atom is 0.110 e. The van der Waals surface area contributed by atoms with E-state index in [9.17, 15) is 0 Å². The number of aryl methyl sites for hydroxylation is 1. The number of aromatic nitrogens is 2. The third-order valence-electron chi connectivity index (χ3n) is 2.86. The molecule has 0 unspecified atom stereocenters. The van der Waals surface area contributed by atoms with Crippen molar-refractivity contribution >= 4 is 11.0 Å². The molecule has 0 saturated carbocycles. The minimum Gasteiger partial charge on any atom is -0.328 e. The Balaban J connectivity index is 2.58. The molecule has 0 amide bonds. The Hall–Kier alpha value is -1.82. The lowest BCUT2D eigenvalue weighted by molar-refractivity contribution is 0.590. The molecule has 0 aliphatic rings. The van der Waals surface area contributed by atoms with Crippen molar-refractivity contribution < 1.29 is 0 Å². The Kier molecular flexibility index (Phi) is 3.14. The molecule has 1 aromatic heterocycles. The summed E-state index contributed by atoms with van der Waals surface area (Å²) < 4.78 is 2.23. The number of benzene rings is 1. The molecule has 0 atom stereocenters. The zero-order valence-corrected chi connectivity index (χ0v) is 10.6. The van der Waals surface area contributed by atoms with Crippen LogP contribution in [0.4, 0.5) is 0 Å². The van der Waals surface area contributed by atoms with Gasteiger partial charge in [0, 0.05) is 13.0 Å². The van der Waals surface area contributed by atoms with E-state index < -0.39 is 0 Å². The fourth-order valence-electron chi connectivity index (χ4n) is 2.12. The molecule has 3 nitrogen and oxygen atoms in total. The van der Waals surface area contributed by atoms with Crippen LogP contribution in [0.25, 0.3) is 11.0 Å². The second-order valence-corrected chi connectivity index (χ2v) is 4.69. The van der Waals surface area contributed by atoms with Crippen molar-refractivity contribution in [3.8, 4) is 6.07 Å². The molecule has 1 aromatic carbocycles. The third-order valence-corrected chi connectivity index (χ3v) is 2.86. The Morgan fingerprint density at radius 1 is 1.41 bits per heavy atom.